The lowest BCUT2D eigenvalue weighted by atomic mass is 9.98. The Balaban J connectivity index is 1.37. The summed E-state index contributed by atoms with van der Waals surface area (Å²) in [4.78, 5) is 0. The van der Waals surface area contributed by atoms with Gasteiger partial charge < -0.3 is 14.2 Å². The average Bonchev–Trinajstić information content (AvgIpc) is 3.57. The van der Waals surface area contributed by atoms with E-state index in [-0.39, 0.29) is 5.75 Å². The van der Waals surface area contributed by atoms with Crippen LogP contribution in [0.15, 0.2) is 121 Å². The molecular weight excluding hydrogens is 540 g/mol. The molecule has 206 valence electrons. The molecule has 2 heterocycles. The van der Waals surface area contributed by atoms with Crippen LogP contribution in [0.25, 0.3) is 66.1 Å². The van der Waals surface area contributed by atoms with Gasteiger partial charge in [-0.3, -0.25) is 0 Å². The topological polar surface area (TPSA) is 77.7 Å². The third-order valence-electron chi connectivity index (χ3n) is 8.61. The molecule has 5 heteroatoms. The normalized spacial score (nSPS) is 11.3. The molecule has 0 saturated carbocycles. The minimum atomic E-state index is 0.182. The van der Waals surface area contributed by atoms with E-state index in [4.69, 9.17) is 0 Å². The zero-order valence-electron chi connectivity index (χ0n) is 23.8. The van der Waals surface area contributed by atoms with E-state index in [1.165, 1.54) is 0 Å². The fraction of sp³-hybridized carbons (Fsp3) is 0.0256. The molecule has 0 spiro atoms. The number of fused-ring (bicyclic) bond motifs is 6. The van der Waals surface area contributed by atoms with E-state index in [1.54, 1.807) is 6.07 Å². The van der Waals surface area contributed by atoms with Crippen molar-refractivity contribution >= 4 is 43.6 Å². The van der Waals surface area contributed by atoms with Crippen molar-refractivity contribution in [2.24, 2.45) is 0 Å². The predicted molar refractivity (Wildman–Crippen MR) is 176 cm³/mol. The highest BCUT2D eigenvalue weighted by molar-refractivity contribution is 6.10. The molecule has 0 fully saturated rings. The number of phenols is 1. The van der Waals surface area contributed by atoms with Gasteiger partial charge in [0.25, 0.3) is 0 Å². The second-order valence-electron chi connectivity index (χ2n) is 11.1. The first-order chi connectivity index (χ1) is 21.6. The number of phenolic OH excluding ortho intramolecular Hbond substituents is 1. The Kier molecular flexibility index (Phi) is 5.56. The molecule has 5 nitrogen and oxygen atoms in total. The molecule has 0 aliphatic heterocycles. The summed E-state index contributed by atoms with van der Waals surface area (Å²) in [6.07, 6.45) is 0. The van der Waals surface area contributed by atoms with E-state index in [9.17, 15) is 15.6 Å². The van der Waals surface area contributed by atoms with Gasteiger partial charge in [-0.2, -0.15) is 10.5 Å². The summed E-state index contributed by atoms with van der Waals surface area (Å²) < 4.78 is 4.34. The number of benzene rings is 6. The Morgan fingerprint density at radius 2 is 0.977 bits per heavy atom. The lowest BCUT2D eigenvalue weighted by Crippen LogP contribution is -1.98. The highest BCUT2D eigenvalue weighted by Gasteiger charge is 2.18. The van der Waals surface area contributed by atoms with Crippen molar-refractivity contribution in [3.05, 3.63) is 138 Å². The van der Waals surface area contributed by atoms with Crippen molar-refractivity contribution in [1.82, 2.24) is 9.13 Å². The molecule has 0 unspecified atom stereocenters. The van der Waals surface area contributed by atoms with Crippen LogP contribution in [-0.4, -0.2) is 14.2 Å². The summed E-state index contributed by atoms with van der Waals surface area (Å²) >= 11 is 0. The van der Waals surface area contributed by atoms with Crippen LogP contribution in [0, 0.1) is 29.6 Å². The van der Waals surface area contributed by atoms with E-state index >= 15 is 0 Å². The summed E-state index contributed by atoms with van der Waals surface area (Å²) in [6, 6.07) is 44.6. The summed E-state index contributed by atoms with van der Waals surface area (Å²) in [5.74, 6) is 0.182. The molecule has 8 rings (SSSR count). The highest BCUT2D eigenvalue weighted by atomic mass is 16.3. The van der Waals surface area contributed by atoms with Crippen LogP contribution in [0.1, 0.15) is 16.7 Å². The Hall–Kier alpha value is -6.30. The third kappa shape index (κ3) is 3.71. The standard InChI is InChI=1S/C39H24N4O/c1-24-10-13-27(42-35-8-4-2-6-29(35)31-15-11-25(22-40)18-37(31)42)20-33(24)34-21-28(14-17-39(34)44)43-36-9-5-3-7-30(36)32-16-12-26(23-41)19-38(32)43/h2-21,44H,1H3. The molecule has 6 aromatic carbocycles. The Morgan fingerprint density at radius 1 is 0.500 bits per heavy atom. The number of aryl methyl sites for hydroxylation is 1. The molecule has 0 radical (unpaired) electrons. The molecule has 0 amide bonds. The maximum absolute atomic E-state index is 11.3. The number of aromatic nitrogens is 2. The minimum absolute atomic E-state index is 0.182. The van der Waals surface area contributed by atoms with Crippen molar-refractivity contribution in [1.29, 1.82) is 10.5 Å². The van der Waals surface area contributed by atoms with E-state index < -0.39 is 0 Å². The molecule has 1 N–H and O–H groups in total. The van der Waals surface area contributed by atoms with Crippen molar-refractivity contribution < 1.29 is 5.11 Å². The zero-order valence-corrected chi connectivity index (χ0v) is 23.8. The van der Waals surface area contributed by atoms with Crippen LogP contribution in [-0.2, 0) is 0 Å². The van der Waals surface area contributed by atoms with Gasteiger partial charge in [-0.1, -0.05) is 54.6 Å². The van der Waals surface area contributed by atoms with Crippen molar-refractivity contribution in [3.63, 3.8) is 0 Å². The zero-order chi connectivity index (χ0) is 29.9. The van der Waals surface area contributed by atoms with Gasteiger partial charge in [0.05, 0.1) is 45.3 Å². The van der Waals surface area contributed by atoms with Gasteiger partial charge in [-0.05, 0) is 84.8 Å². The Bertz CT molecular complexity index is 2370. The number of nitriles is 2. The second kappa shape index (κ2) is 9.63. The number of para-hydroxylation sites is 2. The van der Waals surface area contributed by atoms with Crippen molar-refractivity contribution in [2.45, 2.75) is 6.92 Å². The second-order valence-corrected chi connectivity index (χ2v) is 11.1. The number of rotatable bonds is 3. The fourth-order valence-corrected chi connectivity index (χ4v) is 6.55. The van der Waals surface area contributed by atoms with Crippen LogP contribution in [0.5, 0.6) is 5.75 Å². The number of hydrogen-bond acceptors (Lipinski definition) is 3. The summed E-state index contributed by atoms with van der Waals surface area (Å²) in [5, 5.41) is 34.9. The fourth-order valence-electron chi connectivity index (χ4n) is 6.55. The van der Waals surface area contributed by atoms with Gasteiger partial charge in [0.15, 0.2) is 0 Å². The maximum Gasteiger partial charge on any atom is 0.123 e. The highest BCUT2D eigenvalue weighted by Crippen LogP contribution is 2.39. The van der Waals surface area contributed by atoms with Crippen molar-refractivity contribution in [2.75, 3.05) is 0 Å². The summed E-state index contributed by atoms with van der Waals surface area (Å²) in [7, 11) is 0. The van der Waals surface area contributed by atoms with Gasteiger partial charge in [0.2, 0.25) is 0 Å². The largest absolute Gasteiger partial charge is 0.507 e. The van der Waals surface area contributed by atoms with Crippen LogP contribution in [0.2, 0.25) is 0 Å². The molecule has 0 atom stereocenters. The summed E-state index contributed by atoms with van der Waals surface area (Å²) in [5.41, 5.74) is 9.62. The molecule has 8 aromatic rings. The number of nitrogens with zero attached hydrogens (tertiary/aromatic N) is 4. The van der Waals surface area contributed by atoms with E-state index in [0.717, 1.165) is 66.1 Å². The molecule has 44 heavy (non-hydrogen) atoms. The number of aromatic hydroxyl groups is 1. The maximum atomic E-state index is 11.3. The quantitative estimate of drug-likeness (QED) is 0.232. The Labute approximate surface area is 253 Å². The molecule has 0 bridgehead atoms. The van der Waals surface area contributed by atoms with Gasteiger partial charge in [-0.15, -0.1) is 0 Å². The van der Waals surface area contributed by atoms with Gasteiger partial charge in [0.1, 0.15) is 5.75 Å². The van der Waals surface area contributed by atoms with Crippen LogP contribution < -0.4 is 0 Å². The van der Waals surface area contributed by atoms with Gasteiger partial charge in [-0.25, -0.2) is 0 Å². The van der Waals surface area contributed by atoms with Crippen LogP contribution in [0.4, 0.5) is 0 Å². The van der Waals surface area contributed by atoms with Gasteiger partial charge >= 0.3 is 0 Å². The minimum Gasteiger partial charge on any atom is -0.507 e. The van der Waals surface area contributed by atoms with Crippen molar-refractivity contribution in [3.8, 4) is 40.4 Å². The smallest absolute Gasteiger partial charge is 0.123 e. The van der Waals surface area contributed by atoms with E-state index in [0.29, 0.717) is 16.7 Å². The molecule has 2 aromatic heterocycles. The first-order valence-electron chi connectivity index (χ1n) is 14.4. The predicted octanol–water partition coefficient (Wildman–Crippen LogP) is 9.31. The molecule has 0 saturated heterocycles. The first kappa shape index (κ1) is 25.4. The number of hydrogen-bond donors (Lipinski definition) is 1. The third-order valence-corrected chi connectivity index (χ3v) is 8.61. The first-order valence-corrected chi connectivity index (χ1v) is 14.4. The van der Waals surface area contributed by atoms with E-state index in [2.05, 4.69) is 63.7 Å². The lowest BCUT2D eigenvalue weighted by Gasteiger charge is -2.16. The Morgan fingerprint density at radius 3 is 1.52 bits per heavy atom. The van der Waals surface area contributed by atoms with E-state index in [1.807, 2.05) is 79.7 Å². The van der Waals surface area contributed by atoms with Crippen LogP contribution in [0.3, 0.4) is 0 Å². The SMILES string of the molecule is Cc1ccc(-n2c3ccccc3c3ccc(C#N)cc32)cc1-c1cc(-n2c3ccccc3c3ccc(C#N)cc32)ccc1O. The summed E-state index contributed by atoms with van der Waals surface area (Å²) in [6.45, 7) is 2.05. The molecular formula is C39H24N4O. The lowest BCUT2D eigenvalue weighted by molar-refractivity contribution is 0.477. The van der Waals surface area contributed by atoms with Gasteiger partial charge in [0, 0.05) is 38.5 Å². The van der Waals surface area contributed by atoms with Crippen LogP contribution >= 0.6 is 0 Å². The molecule has 0 aliphatic carbocycles. The molecule has 0 aliphatic rings. The average molecular weight is 565 g/mol. The monoisotopic (exact) mass is 564 g/mol.